The number of nitrogens with one attached hydrogen (secondary N) is 4. The molecule has 232 valence electrons. The van der Waals surface area contributed by atoms with E-state index in [0.29, 0.717) is 12.3 Å². The number of anilines is 1. The van der Waals surface area contributed by atoms with Gasteiger partial charge in [0.15, 0.2) is 17.7 Å². The number of benzene rings is 2. The average molecular weight is 624 g/mol. The molecule has 4 aliphatic heterocycles. The fourth-order valence-corrected chi connectivity index (χ4v) is 6.73. The van der Waals surface area contributed by atoms with Crippen molar-refractivity contribution in [1.82, 2.24) is 20.9 Å². The number of carbonyl (C=O) groups is 3. The fourth-order valence-electron chi connectivity index (χ4n) is 6.73. The molecule has 5 heterocycles. The zero-order chi connectivity index (χ0) is 30.0. The summed E-state index contributed by atoms with van der Waals surface area (Å²) in [6.45, 7) is 4.12. The summed E-state index contributed by atoms with van der Waals surface area (Å²) < 4.78 is 18.2. The van der Waals surface area contributed by atoms with Crippen molar-refractivity contribution in [1.29, 1.82) is 0 Å². The topological polar surface area (TPSA) is 164 Å². The predicted octanol–water partition coefficient (Wildman–Crippen LogP) is 1.94. The molecule has 6 atom stereocenters. The smallest absolute Gasteiger partial charge is 0.360 e. The predicted molar refractivity (Wildman–Crippen MR) is 160 cm³/mol. The molecule has 2 amide bonds. The van der Waals surface area contributed by atoms with Crippen LogP contribution in [-0.2, 0) is 26.2 Å². The average Bonchev–Trinajstić information content (AvgIpc) is 3.75. The number of esters is 1. The van der Waals surface area contributed by atoms with Crippen molar-refractivity contribution in [3.63, 3.8) is 0 Å². The number of nitrogens with zero attached hydrogens (tertiary/aromatic N) is 1. The van der Waals surface area contributed by atoms with Crippen molar-refractivity contribution in [3.8, 4) is 5.75 Å². The van der Waals surface area contributed by atoms with E-state index < -0.39 is 47.7 Å². The first-order chi connectivity index (χ1) is 20.7. The second-order valence-corrected chi connectivity index (χ2v) is 11.9. The van der Waals surface area contributed by atoms with Crippen molar-refractivity contribution < 1.29 is 33.4 Å². The summed E-state index contributed by atoms with van der Waals surface area (Å²) in [4.78, 5) is 45.0. The molecule has 1 spiro atoms. The Balaban J connectivity index is 0.00000343. The van der Waals surface area contributed by atoms with Gasteiger partial charge in [0.25, 0.3) is 0 Å². The lowest BCUT2D eigenvalue weighted by atomic mass is 9.72. The van der Waals surface area contributed by atoms with Gasteiger partial charge < -0.3 is 40.3 Å². The third-order valence-electron chi connectivity index (χ3n) is 8.85. The summed E-state index contributed by atoms with van der Waals surface area (Å²) in [6.07, 6.45) is -0.823. The molecule has 12 nitrogen and oxygen atoms in total. The number of carbonyl (C=O) groups excluding carboxylic acids is 3. The molecule has 2 aromatic carbocycles. The normalized spacial score (nSPS) is 27.8. The fraction of sp³-hybridized carbons (Fsp3) is 0.419. The van der Waals surface area contributed by atoms with Crippen LogP contribution in [0.25, 0.3) is 0 Å². The number of ether oxygens (including phenoxy) is 2. The van der Waals surface area contributed by atoms with Gasteiger partial charge >= 0.3 is 5.97 Å². The highest BCUT2D eigenvalue weighted by Crippen LogP contribution is 2.58. The maximum absolute atomic E-state index is 13.8. The van der Waals surface area contributed by atoms with Gasteiger partial charge in [-0.3, -0.25) is 9.59 Å². The summed E-state index contributed by atoms with van der Waals surface area (Å²) in [7, 11) is 1.29. The van der Waals surface area contributed by atoms with Crippen molar-refractivity contribution in [2.75, 3.05) is 19.0 Å². The molecule has 0 aliphatic carbocycles. The number of amides is 2. The molecule has 0 saturated carbocycles. The van der Waals surface area contributed by atoms with Crippen LogP contribution < -0.4 is 26.0 Å². The Morgan fingerprint density at radius 3 is 2.68 bits per heavy atom. The second-order valence-electron chi connectivity index (χ2n) is 11.9. The first-order valence-corrected chi connectivity index (χ1v) is 14.5. The van der Waals surface area contributed by atoms with Crippen molar-refractivity contribution >= 4 is 35.9 Å². The molecule has 5 N–H and O–H groups in total. The van der Waals surface area contributed by atoms with Gasteiger partial charge in [0.2, 0.25) is 17.7 Å². The van der Waals surface area contributed by atoms with Crippen LogP contribution in [0.3, 0.4) is 0 Å². The number of β-amino-alcohol motifs (C(OH)–C–C–N with tert-alkyl or cyclic N) is 1. The first kappa shape index (κ1) is 29.9. The van der Waals surface area contributed by atoms with E-state index in [1.165, 1.54) is 7.11 Å². The van der Waals surface area contributed by atoms with Crippen LogP contribution in [0.4, 0.5) is 5.69 Å². The quantitative estimate of drug-likeness (QED) is 0.271. The molecule has 3 aromatic rings. The number of halogens is 1. The Kier molecular flexibility index (Phi) is 7.55. The molecule has 7 rings (SSSR count). The highest BCUT2D eigenvalue weighted by Gasteiger charge is 2.61. The van der Waals surface area contributed by atoms with Crippen LogP contribution >= 0.6 is 12.4 Å². The number of oxazole rings is 1. The number of aliphatic hydroxyl groups excluding tert-OH is 1. The number of para-hydroxylation sites is 1. The lowest BCUT2D eigenvalue weighted by molar-refractivity contribution is -0.130. The van der Waals surface area contributed by atoms with Crippen LogP contribution in [-0.4, -0.2) is 65.9 Å². The summed E-state index contributed by atoms with van der Waals surface area (Å²) in [5.41, 5.74) is 2.10. The first-order valence-electron chi connectivity index (χ1n) is 14.5. The SMILES string of the molecule is COC(=O)c1nc2oc1C13c4ccccc4N[C@H]1Oc1ccc(cc13)C[C@H](NC(=O)[C@@H]1C[C@@H](O)CN1)C(=O)NC2C(C)C.Cl. The van der Waals surface area contributed by atoms with Crippen molar-refractivity contribution in [3.05, 3.63) is 76.5 Å². The molecule has 1 fully saturated rings. The summed E-state index contributed by atoms with van der Waals surface area (Å²) in [5.74, 6) is -0.657. The number of aromatic nitrogens is 1. The molecule has 4 aliphatic rings. The zero-order valence-electron chi connectivity index (χ0n) is 24.4. The van der Waals surface area contributed by atoms with Crippen LogP contribution in [0.15, 0.2) is 46.9 Å². The van der Waals surface area contributed by atoms with E-state index in [2.05, 4.69) is 26.3 Å². The van der Waals surface area contributed by atoms with Gasteiger partial charge in [0.05, 0.1) is 19.3 Å². The largest absolute Gasteiger partial charge is 0.469 e. The number of hydrogen-bond donors (Lipinski definition) is 5. The van der Waals surface area contributed by atoms with E-state index >= 15 is 0 Å². The maximum atomic E-state index is 13.8. The number of fused-ring (bicyclic) bond motifs is 4. The Morgan fingerprint density at radius 1 is 1.16 bits per heavy atom. The summed E-state index contributed by atoms with van der Waals surface area (Å²) >= 11 is 0. The molecular formula is C31H34ClN5O7. The van der Waals surface area contributed by atoms with Gasteiger partial charge in [-0.15, -0.1) is 12.4 Å². The summed E-state index contributed by atoms with van der Waals surface area (Å²) in [6, 6.07) is 11.1. The highest BCUT2D eigenvalue weighted by molar-refractivity contribution is 5.92. The van der Waals surface area contributed by atoms with Gasteiger partial charge in [-0.25, -0.2) is 9.78 Å². The molecule has 1 aromatic heterocycles. The van der Waals surface area contributed by atoms with Gasteiger partial charge in [0, 0.05) is 24.2 Å². The second kappa shape index (κ2) is 11.1. The molecule has 2 unspecified atom stereocenters. The van der Waals surface area contributed by atoms with Crippen molar-refractivity contribution in [2.24, 2.45) is 5.92 Å². The molecule has 13 heteroatoms. The van der Waals surface area contributed by atoms with E-state index in [1.807, 2.05) is 56.3 Å². The zero-order valence-corrected chi connectivity index (χ0v) is 25.2. The Morgan fingerprint density at radius 2 is 1.95 bits per heavy atom. The van der Waals surface area contributed by atoms with E-state index in [9.17, 15) is 19.5 Å². The monoisotopic (exact) mass is 623 g/mol. The molecule has 1 saturated heterocycles. The molecular weight excluding hydrogens is 590 g/mol. The Labute approximate surface area is 259 Å². The maximum Gasteiger partial charge on any atom is 0.360 e. The van der Waals surface area contributed by atoms with Gasteiger partial charge in [0.1, 0.15) is 23.2 Å². The van der Waals surface area contributed by atoms with Crippen LogP contribution in [0.2, 0.25) is 0 Å². The van der Waals surface area contributed by atoms with Crippen LogP contribution in [0.5, 0.6) is 5.75 Å². The van der Waals surface area contributed by atoms with Gasteiger partial charge in [-0.2, -0.15) is 0 Å². The third-order valence-corrected chi connectivity index (χ3v) is 8.85. The lowest BCUT2D eigenvalue weighted by Gasteiger charge is -2.29. The highest BCUT2D eigenvalue weighted by atomic mass is 35.5. The van der Waals surface area contributed by atoms with Gasteiger partial charge in [-0.05, 0) is 35.6 Å². The number of methoxy groups -OCH3 is 1. The van der Waals surface area contributed by atoms with E-state index in [4.69, 9.17) is 13.9 Å². The number of aliphatic hydroxyl groups is 1. The van der Waals surface area contributed by atoms with Crippen molar-refractivity contribution in [2.45, 2.75) is 62.6 Å². The standard InChI is InChI=1S/C31H33N5O7.ClH/c1-14(2)23-28-36-24(29(40)41-3)25(43-28)31-17-6-4-5-7-19(17)34-30(31)42-22-9-8-15(10-18(22)31)11-21(27(39)35-23)33-26(38)20-12-16(37)13-32-20;/h4-10,14,16,20-21,23,30,32,34,37H,11-13H2,1-3H3,(H,33,38)(H,35,39);1H/t16-,20+,21+,23?,30+,31?;/m1./s1. The van der Waals surface area contributed by atoms with E-state index in [-0.39, 0.29) is 54.4 Å². The van der Waals surface area contributed by atoms with E-state index in [1.54, 1.807) is 0 Å². The number of hydrogen-bond acceptors (Lipinski definition) is 10. The minimum Gasteiger partial charge on any atom is -0.469 e. The molecule has 0 radical (unpaired) electrons. The number of rotatable bonds is 4. The lowest BCUT2D eigenvalue weighted by Crippen LogP contribution is -2.53. The minimum atomic E-state index is -1.09. The molecule has 44 heavy (non-hydrogen) atoms. The van der Waals surface area contributed by atoms with Gasteiger partial charge in [-0.1, -0.05) is 44.2 Å². The molecule has 4 bridgehead atoms. The summed E-state index contributed by atoms with van der Waals surface area (Å²) in [5, 5.41) is 22.3. The Hall–Kier alpha value is -4.13. The Bertz CT molecular complexity index is 1640. The minimum absolute atomic E-state index is 0. The third kappa shape index (κ3) is 4.51. The van der Waals surface area contributed by atoms with Crippen LogP contribution in [0, 0.1) is 5.92 Å². The van der Waals surface area contributed by atoms with Crippen LogP contribution in [0.1, 0.15) is 65.1 Å². The van der Waals surface area contributed by atoms with E-state index in [0.717, 1.165) is 22.4 Å².